The second-order valence-corrected chi connectivity index (χ2v) is 4.94. The number of rotatable bonds is 8. The van der Waals surface area contributed by atoms with Gasteiger partial charge in [-0.25, -0.2) is 4.79 Å². The van der Waals surface area contributed by atoms with Crippen molar-refractivity contribution in [2.45, 2.75) is 31.8 Å². The van der Waals surface area contributed by atoms with Gasteiger partial charge in [0.1, 0.15) is 12.1 Å². The van der Waals surface area contributed by atoms with Crippen molar-refractivity contribution in [2.75, 3.05) is 0 Å². The molecule has 0 aliphatic heterocycles. The molecule has 1 aromatic carbocycles. The van der Waals surface area contributed by atoms with E-state index in [4.69, 9.17) is 10.2 Å². The highest BCUT2D eigenvalue weighted by atomic mass is 16.4. The van der Waals surface area contributed by atoms with Gasteiger partial charge < -0.3 is 20.8 Å². The molecule has 2 atom stereocenters. The molecule has 0 aromatic heterocycles. The van der Waals surface area contributed by atoms with Crippen LogP contribution >= 0.6 is 0 Å². The van der Waals surface area contributed by atoms with E-state index < -0.39 is 42.3 Å². The number of benzene rings is 1. The molecule has 0 bridgehead atoms. The molecular weight excluding hydrogens is 304 g/mol. The van der Waals surface area contributed by atoms with Crippen molar-refractivity contribution in [3.63, 3.8) is 0 Å². The van der Waals surface area contributed by atoms with Crippen LogP contribution in [-0.2, 0) is 25.6 Å². The van der Waals surface area contributed by atoms with Crippen LogP contribution in [0.5, 0.6) is 0 Å². The van der Waals surface area contributed by atoms with E-state index in [1.165, 1.54) is 6.92 Å². The quantitative estimate of drug-likeness (QED) is 0.523. The largest absolute Gasteiger partial charge is 0.481 e. The van der Waals surface area contributed by atoms with Crippen LogP contribution in [0.2, 0.25) is 0 Å². The normalized spacial score (nSPS) is 12.7. The van der Waals surface area contributed by atoms with Crippen LogP contribution in [0.1, 0.15) is 18.9 Å². The summed E-state index contributed by atoms with van der Waals surface area (Å²) in [4.78, 5) is 45.1. The van der Waals surface area contributed by atoms with Crippen molar-refractivity contribution in [3.8, 4) is 0 Å². The number of carboxylic acids is 2. The Kier molecular flexibility index (Phi) is 6.72. The number of carbonyl (C=O) groups is 4. The van der Waals surface area contributed by atoms with Crippen molar-refractivity contribution in [3.05, 3.63) is 35.9 Å². The summed E-state index contributed by atoms with van der Waals surface area (Å²) in [6.07, 6.45) is -0.592. The molecule has 124 valence electrons. The molecule has 23 heavy (non-hydrogen) atoms. The zero-order chi connectivity index (χ0) is 17.4. The molecule has 8 nitrogen and oxygen atoms in total. The molecule has 0 radical (unpaired) electrons. The first-order chi connectivity index (χ1) is 10.8. The summed E-state index contributed by atoms with van der Waals surface area (Å²) in [5.74, 6) is -4.01. The average Bonchev–Trinajstić information content (AvgIpc) is 2.45. The first-order valence-corrected chi connectivity index (χ1v) is 6.85. The van der Waals surface area contributed by atoms with Crippen molar-refractivity contribution in [1.82, 2.24) is 10.6 Å². The Balaban J connectivity index is 2.83. The second kappa shape index (κ2) is 8.52. The van der Waals surface area contributed by atoms with Gasteiger partial charge in [-0.15, -0.1) is 0 Å². The van der Waals surface area contributed by atoms with Crippen LogP contribution in [0, 0.1) is 0 Å². The highest BCUT2D eigenvalue weighted by molar-refractivity contribution is 5.91. The Morgan fingerprint density at radius 2 is 1.61 bits per heavy atom. The van der Waals surface area contributed by atoms with E-state index in [2.05, 4.69) is 10.6 Å². The lowest BCUT2D eigenvalue weighted by Gasteiger charge is -2.20. The van der Waals surface area contributed by atoms with E-state index in [-0.39, 0.29) is 6.42 Å². The number of amides is 2. The fourth-order valence-corrected chi connectivity index (χ4v) is 1.95. The van der Waals surface area contributed by atoms with Crippen LogP contribution in [-0.4, -0.2) is 46.0 Å². The lowest BCUT2D eigenvalue weighted by atomic mass is 10.0. The summed E-state index contributed by atoms with van der Waals surface area (Å²) in [5, 5.41) is 22.2. The smallest absolute Gasteiger partial charge is 0.326 e. The lowest BCUT2D eigenvalue weighted by molar-refractivity contribution is -0.147. The topological polar surface area (TPSA) is 133 Å². The van der Waals surface area contributed by atoms with Crippen molar-refractivity contribution in [2.24, 2.45) is 0 Å². The number of hydrogen-bond donors (Lipinski definition) is 4. The predicted molar refractivity (Wildman–Crippen MR) is 79.6 cm³/mol. The third kappa shape index (κ3) is 6.60. The number of aliphatic carboxylic acids is 2. The molecule has 8 heteroatoms. The highest BCUT2D eigenvalue weighted by Crippen LogP contribution is 2.04. The van der Waals surface area contributed by atoms with Gasteiger partial charge in [0.15, 0.2) is 0 Å². The molecule has 0 unspecified atom stereocenters. The van der Waals surface area contributed by atoms with Gasteiger partial charge in [-0.2, -0.15) is 0 Å². The van der Waals surface area contributed by atoms with E-state index in [1.807, 2.05) is 0 Å². The number of carbonyl (C=O) groups excluding carboxylic acids is 2. The fourth-order valence-electron chi connectivity index (χ4n) is 1.95. The van der Waals surface area contributed by atoms with E-state index in [1.54, 1.807) is 30.3 Å². The van der Waals surface area contributed by atoms with Crippen molar-refractivity contribution >= 4 is 23.8 Å². The van der Waals surface area contributed by atoms with Gasteiger partial charge in [0.05, 0.1) is 6.42 Å². The Labute approximate surface area is 132 Å². The highest BCUT2D eigenvalue weighted by Gasteiger charge is 2.27. The summed E-state index contributed by atoms with van der Waals surface area (Å²) in [6, 6.07) is 6.29. The minimum atomic E-state index is -1.56. The summed E-state index contributed by atoms with van der Waals surface area (Å²) >= 11 is 0. The second-order valence-electron chi connectivity index (χ2n) is 4.94. The van der Waals surface area contributed by atoms with Crippen molar-refractivity contribution < 1.29 is 29.4 Å². The molecule has 1 rings (SSSR count). The Bertz CT molecular complexity index is 587. The maximum absolute atomic E-state index is 12.2. The van der Waals surface area contributed by atoms with Gasteiger partial charge in [-0.1, -0.05) is 30.3 Å². The first kappa shape index (κ1) is 18.1. The van der Waals surface area contributed by atoms with Crippen molar-refractivity contribution in [1.29, 1.82) is 0 Å². The van der Waals surface area contributed by atoms with Gasteiger partial charge in [-0.05, 0) is 5.56 Å². The van der Waals surface area contributed by atoms with Gasteiger partial charge >= 0.3 is 11.9 Å². The minimum Gasteiger partial charge on any atom is -0.481 e. The van der Waals surface area contributed by atoms with Crippen LogP contribution < -0.4 is 10.6 Å². The maximum atomic E-state index is 12.2. The molecule has 1 aromatic rings. The van der Waals surface area contributed by atoms with Crippen LogP contribution in [0.3, 0.4) is 0 Å². The molecule has 0 aliphatic carbocycles. The summed E-state index contributed by atoms with van der Waals surface area (Å²) in [7, 11) is 0. The molecule has 0 saturated carbocycles. The van der Waals surface area contributed by atoms with Gasteiger partial charge in [0.25, 0.3) is 0 Å². The standard InChI is InChI=1S/C15H18N2O6/c1-9(18)16-11(7-10-5-3-2-4-6-10)14(21)17-12(15(22)23)8-13(19)20/h2-6,11-12H,7-8H2,1H3,(H,16,18)(H,17,21)(H,19,20)(H,22,23)/t11-,12-/m0/s1. The summed E-state index contributed by atoms with van der Waals surface area (Å²) in [5.41, 5.74) is 0.770. The molecule has 4 N–H and O–H groups in total. The van der Waals surface area contributed by atoms with E-state index in [0.29, 0.717) is 0 Å². The molecule has 0 saturated heterocycles. The van der Waals surface area contributed by atoms with Crippen LogP contribution in [0.4, 0.5) is 0 Å². The van der Waals surface area contributed by atoms with Crippen LogP contribution in [0.25, 0.3) is 0 Å². The van der Waals surface area contributed by atoms with E-state index in [9.17, 15) is 19.2 Å². The van der Waals surface area contributed by atoms with E-state index in [0.717, 1.165) is 5.56 Å². The molecule has 0 fully saturated rings. The Morgan fingerprint density at radius 1 is 1.00 bits per heavy atom. The van der Waals surface area contributed by atoms with Gasteiger partial charge in [-0.3, -0.25) is 14.4 Å². The SMILES string of the molecule is CC(=O)N[C@@H](Cc1ccccc1)C(=O)N[C@@H](CC(=O)O)C(=O)O. The average molecular weight is 322 g/mol. The summed E-state index contributed by atoms with van der Waals surface area (Å²) in [6.45, 7) is 1.23. The lowest BCUT2D eigenvalue weighted by Crippen LogP contribution is -2.52. The zero-order valence-electron chi connectivity index (χ0n) is 12.5. The Hall–Kier alpha value is -2.90. The third-order valence-corrected chi connectivity index (χ3v) is 2.97. The third-order valence-electron chi connectivity index (χ3n) is 2.97. The molecular formula is C15H18N2O6. The molecule has 0 heterocycles. The first-order valence-electron chi connectivity index (χ1n) is 6.85. The summed E-state index contributed by atoms with van der Waals surface area (Å²) < 4.78 is 0. The number of carboxylic acid groups (broad SMARTS) is 2. The van der Waals surface area contributed by atoms with E-state index >= 15 is 0 Å². The minimum absolute atomic E-state index is 0.158. The van der Waals surface area contributed by atoms with Crippen LogP contribution in [0.15, 0.2) is 30.3 Å². The van der Waals surface area contributed by atoms with Gasteiger partial charge in [0, 0.05) is 13.3 Å². The predicted octanol–water partition coefficient (Wildman–Crippen LogP) is -0.222. The molecule has 2 amide bonds. The molecule has 0 aliphatic rings. The monoisotopic (exact) mass is 322 g/mol. The number of nitrogens with one attached hydrogen (secondary N) is 2. The van der Waals surface area contributed by atoms with Gasteiger partial charge in [0.2, 0.25) is 11.8 Å². The molecule has 0 spiro atoms. The number of hydrogen-bond acceptors (Lipinski definition) is 4. The fraction of sp³-hybridized carbons (Fsp3) is 0.333. The maximum Gasteiger partial charge on any atom is 0.326 e. The Morgan fingerprint density at radius 3 is 2.09 bits per heavy atom. The zero-order valence-corrected chi connectivity index (χ0v) is 12.5.